The molecule has 0 atom stereocenters. The molecule has 3 aromatic carbocycles. The molecular weight excluding hydrogens is 276 g/mol. The van der Waals surface area contributed by atoms with Crippen LogP contribution < -0.4 is 0 Å². The van der Waals surface area contributed by atoms with Gasteiger partial charge in [0.2, 0.25) is 0 Å². The maximum Gasteiger partial charge on any atom is -0.00516 e. The fourth-order valence-electron chi connectivity index (χ4n) is 4.09. The zero-order valence-corrected chi connectivity index (χ0v) is 13.0. The van der Waals surface area contributed by atoms with Gasteiger partial charge in [0.1, 0.15) is 0 Å². The molecule has 0 saturated heterocycles. The number of allylic oxidation sites excluding steroid dienone is 4. The van der Waals surface area contributed by atoms with Crippen LogP contribution in [-0.2, 0) is 6.42 Å². The largest absolute Gasteiger partial charge is 0.0622 e. The van der Waals surface area contributed by atoms with Crippen LogP contribution in [0.1, 0.15) is 29.5 Å². The van der Waals surface area contributed by atoms with Gasteiger partial charge in [-0.15, -0.1) is 0 Å². The van der Waals surface area contributed by atoms with Crippen molar-refractivity contribution in [1.29, 1.82) is 0 Å². The molecule has 0 aliphatic heterocycles. The third-order valence-electron chi connectivity index (χ3n) is 5.23. The number of aryl methyl sites for hydroxylation is 1. The molecule has 0 heteroatoms. The maximum absolute atomic E-state index is 2.44. The monoisotopic (exact) mass is 294 g/mol. The highest BCUT2D eigenvalue weighted by Crippen LogP contribution is 2.45. The van der Waals surface area contributed by atoms with Crippen molar-refractivity contribution in [3.05, 3.63) is 95.1 Å². The van der Waals surface area contributed by atoms with Crippen molar-refractivity contribution in [2.24, 2.45) is 0 Å². The van der Waals surface area contributed by atoms with Gasteiger partial charge in [-0.3, -0.25) is 0 Å². The van der Waals surface area contributed by atoms with Crippen LogP contribution in [0.3, 0.4) is 0 Å². The second kappa shape index (κ2) is 4.96. The predicted molar refractivity (Wildman–Crippen MR) is 98.2 cm³/mol. The number of fused-ring (bicyclic) bond motifs is 4. The summed E-state index contributed by atoms with van der Waals surface area (Å²) in [5.41, 5.74) is 8.93. The second-order valence-electron chi connectivity index (χ2n) is 6.55. The average molecular weight is 294 g/mol. The zero-order chi connectivity index (χ0) is 15.2. The summed E-state index contributed by atoms with van der Waals surface area (Å²) in [6.45, 7) is 0. The molecule has 0 bridgehead atoms. The van der Waals surface area contributed by atoms with Crippen molar-refractivity contribution in [1.82, 2.24) is 0 Å². The standard InChI is InChI=1S/C23H18/c1-2-6-16(7-3-1)20-14-19-13-12-18-11-10-17-8-4-5-9-21(17)23(18)22(19)15-20/h1-11,15H,12-14H2. The molecule has 5 rings (SSSR count). The van der Waals surface area contributed by atoms with Gasteiger partial charge in [0, 0.05) is 0 Å². The van der Waals surface area contributed by atoms with E-state index in [0.29, 0.717) is 0 Å². The molecule has 0 amide bonds. The van der Waals surface area contributed by atoms with Gasteiger partial charge >= 0.3 is 0 Å². The van der Waals surface area contributed by atoms with Crippen LogP contribution in [0.4, 0.5) is 0 Å². The van der Waals surface area contributed by atoms with Crippen LogP contribution in [0.15, 0.2) is 78.4 Å². The summed E-state index contributed by atoms with van der Waals surface area (Å²) >= 11 is 0. The van der Waals surface area contributed by atoms with E-state index in [4.69, 9.17) is 0 Å². The molecule has 0 N–H and O–H groups in total. The SMILES string of the molecule is C1=C(c2ccccc2)CC2=C1c1c(ccc3ccccc13)CC2. The van der Waals surface area contributed by atoms with Crippen LogP contribution >= 0.6 is 0 Å². The summed E-state index contributed by atoms with van der Waals surface area (Å²) in [5.74, 6) is 0. The lowest BCUT2D eigenvalue weighted by atomic mass is 9.84. The van der Waals surface area contributed by atoms with Crippen molar-refractivity contribution in [2.75, 3.05) is 0 Å². The lowest BCUT2D eigenvalue weighted by Crippen LogP contribution is -2.02. The van der Waals surface area contributed by atoms with Gasteiger partial charge in [0.05, 0.1) is 0 Å². The molecule has 3 aromatic rings. The number of hydrogen-bond donors (Lipinski definition) is 0. The summed E-state index contributed by atoms with van der Waals surface area (Å²) in [7, 11) is 0. The van der Waals surface area contributed by atoms with E-state index in [2.05, 4.69) is 72.8 Å². The lowest BCUT2D eigenvalue weighted by Gasteiger charge is -2.20. The van der Waals surface area contributed by atoms with Crippen LogP contribution in [0.5, 0.6) is 0 Å². The van der Waals surface area contributed by atoms with Crippen LogP contribution in [0.25, 0.3) is 21.9 Å². The van der Waals surface area contributed by atoms with Gasteiger partial charge in [0.15, 0.2) is 0 Å². The van der Waals surface area contributed by atoms with E-state index in [9.17, 15) is 0 Å². The van der Waals surface area contributed by atoms with Crippen LogP contribution in [0.2, 0.25) is 0 Å². The Labute approximate surface area is 136 Å². The molecule has 0 unspecified atom stereocenters. The fourth-order valence-corrected chi connectivity index (χ4v) is 4.09. The molecule has 0 heterocycles. The molecule has 110 valence electrons. The number of benzene rings is 3. The van der Waals surface area contributed by atoms with E-state index < -0.39 is 0 Å². The molecule has 0 spiro atoms. The summed E-state index contributed by atoms with van der Waals surface area (Å²) < 4.78 is 0. The van der Waals surface area contributed by atoms with E-state index in [1.54, 1.807) is 5.57 Å². The fraction of sp³-hybridized carbons (Fsp3) is 0.130. The van der Waals surface area contributed by atoms with Gasteiger partial charge in [0.25, 0.3) is 0 Å². The lowest BCUT2D eigenvalue weighted by molar-refractivity contribution is 0.907. The molecule has 0 aromatic heterocycles. The summed E-state index contributed by atoms with van der Waals surface area (Å²) in [5, 5.41) is 2.75. The minimum absolute atomic E-state index is 1.11. The Balaban J connectivity index is 1.71. The highest BCUT2D eigenvalue weighted by molar-refractivity contribution is 6.03. The molecule has 23 heavy (non-hydrogen) atoms. The number of rotatable bonds is 1. The molecule has 2 aliphatic rings. The average Bonchev–Trinajstić information content (AvgIpc) is 3.06. The van der Waals surface area contributed by atoms with Crippen molar-refractivity contribution in [3.63, 3.8) is 0 Å². The first-order valence-electron chi connectivity index (χ1n) is 8.39. The smallest absolute Gasteiger partial charge is 0.00516 e. The molecule has 0 nitrogen and oxygen atoms in total. The third-order valence-corrected chi connectivity index (χ3v) is 5.23. The molecular formula is C23H18. The first-order valence-corrected chi connectivity index (χ1v) is 8.39. The summed E-state index contributed by atoms with van der Waals surface area (Å²) in [4.78, 5) is 0. The van der Waals surface area contributed by atoms with Crippen LogP contribution in [-0.4, -0.2) is 0 Å². The van der Waals surface area contributed by atoms with E-state index in [1.807, 2.05) is 0 Å². The normalized spacial score (nSPS) is 16.3. The Hall–Kier alpha value is -2.60. The van der Waals surface area contributed by atoms with Gasteiger partial charge in [-0.05, 0) is 57.9 Å². The van der Waals surface area contributed by atoms with Crippen molar-refractivity contribution < 1.29 is 0 Å². The van der Waals surface area contributed by atoms with Gasteiger partial charge in [-0.2, -0.15) is 0 Å². The molecule has 0 fully saturated rings. The Kier molecular flexibility index (Phi) is 2.78. The van der Waals surface area contributed by atoms with Gasteiger partial charge in [-0.1, -0.05) is 78.4 Å². The van der Waals surface area contributed by atoms with Gasteiger partial charge < -0.3 is 0 Å². The molecule has 0 saturated carbocycles. The van der Waals surface area contributed by atoms with Crippen LogP contribution in [0, 0.1) is 0 Å². The van der Waals surface area contributed by atoms with Gasteiger partial charge in [-0.25, -0.2) is 0 Å². The Morgan fingerprint density at radius 3 is 2.43 bits per heavy atom. The number of hydrogen-bond acceptors (Lipinski definition) is 0. The quantitative estimate of drug-likeness (QED) is 0.514. The highest BCUT2D eigenvalue weighted by Gasteiger charge is 2.25. The summed E-state index contributed by atoms with van der Waals surface area (Å²) in [6.07, 6.45) is 5.93. The minimum atomic E-state index is 1.11. The van der Waals surface area contributed by atoms with E-state index in [-0.39, 0.29) is 0 Å². The second-order valence-corrected chi connectivity index (χ2v) is 6.55. The van der Waals surface area contributed by atoms with E-state index in [1.165, 1.54) is 51.5 Å². The Morgan fingerprint density at radius 1 is 0.696 bits per heavy atom. The predicted octanol–water partition coefficient (Wildman–Crippen LogP) is 6.03. The topological polar surface area (TPSA) is 0 Å². The molecule has 2 aliphatic carbocycles. The minimum Gasteiger partial charge on any atom is -0.0622 e. The first kappa shape index (κ1) is 12.9. The van der Waals surface area contributed by atoms with Crippen molar-refractivity contribution in [3.8, 4) is 0 Å². The maximum atomic E-state index is 2.44. The Morgan fingerprint density at radius 2 is 1.52 bits per heavy atom. The summed E-state index contributed by atoms with van der Waals surface area (Å²) in [6, 6.07) is 24.2. The zero-order valence-electron chi connectivity index (χ0n) is 13.0. The first-order chi connectivity index (χ1) is 11.4. The third kappa shape index (κ3) is 1.98. The highest BCUT2D eigenvalue weighted by atomic mass is 14.3. The van der Waals surface area contributed by atoms with E-state index >= 15 is 0 Å². The molecule has 0 radical (unpaired) electrons. The van der Waals surface area contributed by atoms with Crippen molar-refractivity contribution in [2.45, 2.75) is 19.3 Å². The van der Waals surface area contributed by atoms with E-state index in [0.717, 1.165) is 6.42 Å². The van der Waals surface area contributed by atoms with Crippen molar-refractivity contribution >= 4 is 21.9 Å². The Bertz CT molecular complexity index is 971.